The van der Waals surface area contributed by atoms with Crippen LogP contribution in [0, 0.1) is 5.82 Å². The topological polar surface area (TPSA) is 70.0 Å². The molecule has 0 spiro atoms. The number of hydrogen-bond donors (Lipinski definition) is 1. The quantitative estimate of drug-likeness (QED) is 0.712. The Morgan fingerprint density at radius 3 is 2.52 bits per heavy atom. The van der Waals surface area contributed by atoms with Crippen molar-refractivity contribution in [2.45, 2.75) is 6.54 Å². The number of piperazine rings is 1. The zero-order chi connectivity index (χ0) is 20.2. The highest BCUT2D eigenvalue weighted by atomic mass is 19.1. The summed E-state index contributed by atoms with van der Waals surface area (Å²) in [6.45, 7) is 3.36. The highest BCUT2D eigenvalue weighted by Gasteiger charge is 2.22. The summed E-state index contributed by atoms with van der Waals surface area (Å²) in [6, 6.07) is 13.7. The van der Waals surface area contributed by atoms with E-state index in [0.717, 1.165) is 30.7 Å². The largest absolute Gasteiger partial charge is 0.342 e. The van der Waals surface area contributed by atoms with Crippen LogP contribution in [0.25, 0.3) is 5.52 Å². The molecule has 4 rings (SSSR count). The average molecular weight is 395 g/mol. The predicted octanol–water partition coefficient (Wildman–Crippen LogP) is 1.55. The smallest absolute Gasteiger partial charge is 0.272 e. The van der Waals surface area contributed by atoms with Gasteiger partial charge in [0.15, 0.2) is 5.69 Å². The minimum atomic E-state index is -0.364. The Morgan fingerprint density at radius 1 is 1.03 bits per heavy atom. The molecular weight excluding hydrogens is 373 g/mol. The maximum absolute atomic E-state index is 13.0. The number of halogens is 1. The van der Waals surface area contributed by atoms with Gasteiger partial charge in [0.2, 0.25) is 5.91 Å². The second-order valence-electron chi connectivity index (χ2n) is 7.07. The predicted molar refractivity (Wildman–Crippen MR) is 106 cm³/mol. The third kappa shape index (κ3) is 4.60. The van der Waals surface area contributed by atoms with Crippen molar-refractivity contribution in [1.82, 2.24) is 24.7 Å². The molecule has 1 aromatic carbocycles. The van der Waals surface area contributed by atoms with Crippen molar-refractivity contribution in [2.24, 2.45) is 0 Å². The minimum absolute atomic E-state index is 0.0509. The van der Waals surface area contributed by atoms with Crippen LogP contribution in [0.15, 0.2) is 54.7 Å². The zero-order valence-electron chi connectivity index (χ0n) is 15.9. The van der Waals surface area contributed by atoms with Crippen LogP contribution in [0.4, 0.5) is 4.39 Å². The van der Waals surface area contributed by atoms with Gasteiger partial charge in [0, 0.05) is 38.9 Å². The Kier molecular flexibility index (Phi) is 5.53. The lowest BCUT2D eigenvalue weighted by atomic mass is 10.2. The molecule has 0 unspecified atom stereocenters. The molecule has 3 heterocycles. The van der Waals surface area contributed by atoms with E-state index in [2.05, 4.69) is 15.3 Å². The molecule has 3 aromatic rings. The van der Waals surface area contributed by atoms with Crippen molar-refractivity contribution in [3.8, 4) is 0 Å². The fraction of sp³-hybridized carbons (Fsp3) is 0.286. The van der Waals surface area contributed by atoms with E-state index in [1.165, 1.54) is 12.1 Å². The standard InChI is InChI=1S/C21H22FN5O2/c22-17-6-4-16(5-7-17)15-25-9-11-26(12-10-25)20(28)14-23-21(29)19-13-18-3-1-2-8-27(18)24-19/h1-8,13H,9-12,14-15H2,(H,23,29). The number of carbonyl (C=O) groups excluding carboxylic acids is 2. The van der Waals surface area contributed by atoms with Crippen molar-refractivity contribution in [2.75, 3.05) is 32.7 Å². The summed E-state index contributed by atoms with van der Waals surface area (Å²) in [5, 5.41) is 6.87. The molecular formula is C21H22FN5O2. The fourth-order valence-electron chi connectivity index (χ4n) is 3.41. The number of benzene rings is 1. The van der Waals surface area contributed by atoms with Crippen LogP contribution >= 0.6 is 0 Å². The van der Waals surface area contributed by atoms with E-state index in [1.807, 2.05) is 18.2 Å². The van der Waals surface area contributed by atoms with Gasteiger partial charge in [-0.3, -0.25) is 14.5 Å². The zero-order valence-corrected chi connectivity index (χ0v) is 15.9. The van der Waals surface area contributed by atoms with Crippen LogP contribution in [0.2, 0.25) is 0 Å². The molecule has 29 heavy (non-hydrogen) atoms. The molecule has 2 amide bonds. The summed E-state index contributed by atoms with van der Waals surface area (Å²) in [4.78, 5) is 28.7. The van der Waals surface area contributed by atoms with Crippen molar-refractivity contribution < 1.29 is 14.0 Å². The Bertz CT molecular complexity index is 976. The van der Waals surface area contributed by atoms with E-state index in [1.54, 1.807) is 33.8 Å². The van der Waals surface area contributed by atoms with Crippen LogP contribution in [0.3, 0.4) is 0 Å². The molecule has 0 atom stereocenters. The number of aromatic nitrogens is 2. The number of nitrogens with one attached hydrogen (secondary N) is 1. The van der Waals surface area contributed by atoms with Crippen molar-refractivity contribution in [1.29, 1.82) is 0 Å². The highest BCUT2D eigenvalue weighted by Crippen LogP contribution is 2.10. The van der Waals surface area contributed by atoms with Crippen LogP contribution < -0.4 is 5.32 Å². The van der Waals surface area contributed by atoms with Crippen LogP contribution in [-0.2, 0) is 11.3 Å². The SMILES string of the molecule is O=C(NCC(=O)N1CCN(Cc2ccc(F)cc2)CC1)c1cc2ccccn2n1. The summed E-state index contributed by atoms with van der Waals surface area (Å²) >= 11 is 0. The van der Waals surface area contributed by atoms with Crippen LogP contribution in [0.5, 0.6) is 0 Å². The molecule has 0 saturated carbocycles. The third-order valence-corrected chi connectivity index (χ3v) is 5.05. The Hall–Kier alpha value is -3.26. The van der Waals surface area contributed by atoms with Gasteiger partial charge in [-0.2, -0.15) is 5.10 Å². The van der Waals surface area contributed by atoms with Gasteiger partial charge in [-0.1, -0.05) is 18.2 Å². The van der Waals surface area contributed by atoms with Crippen molar-refractivity contribution in [3.63, 3.8) is 0 Å². The molecule has 8 heteroatoms. The maximum atomic E-state index is 13.0. The molecule has 0 aliphatic carbocycles. The molecule has 2 aromatic heterocycles. The Labute approximate surface area is 167 Å². The van der Waals surface area contributed by atoms with Crippen molar-refractivity contribution >= 4 is 17.3 Å². The molecule has 1 N–H and O–H groups in total. The van der Waals surface area contributed by atoms with Gasteiger partial charge in [0.25, 0.3) is 5.91 Å². The molecule has 1 saturated heterocycles. The van der Waals surface area contributed by atoms with Gasteiger partial charge in [0.05, 0.1) is 12.1 Å². The van der Waals surface area contributed by atoms with E-state index in [9.17, 15) is 14.0 Å². The van der Waals surface area contributed by atoms with Gasteiger partial charge in [-0.15, -0.1) is 0 Å². The fourth-order valence-corrected chi connectivity index (χ4v) is 3.41. The van der Waals surface area contributed by atoms with E-state index in [-0.39, 0.29) is 29.9 Å². The van der Waals surface area contributed by atoms with Crippen LogP contribution in [0.1, 0.15) is 16.1 Å². The van der Waals surface area contributed by atoms with Gasteiger partial charge < -0.3 is 10.2 Å². The Morgan fingerprint density at radius 2 is 1.79 bits per heavy atom. The number of hydrogen-bond acceptors (Lipinski definition) is 4. The normalized spacial score (nSPS) is 14.9. The number of rotatable bonds is 5. The summed E-state index contributed by atoms with van der Waals surface area (Å²) in [5.41, 5.74) is 2.15. The molecule has 1 fully saturated rings. The number of nitrogens with zero attached hydrogens (tertiary/aromatic N) is 4. The van der Waals surface area contributed by atoms with E-state index >= 15 is 0 Å². The maximum Gasteiger partial charge on any atom is 0.272 e. The minimum Gasteiger partial charge on any atom is -0.342 e. The van der Waals surface area contributed by atoms with Gasteiger partial charge in [0.1, 0.15) is 5.82 Å². The first-order valence-electron chi connectivity index (χ1n) is 9.56. The van der Waals surface area contributed by atoms with E-state index in [0.29, 0.717) is 13.1 Å². The summed E-state index contributed by atoms with van der Waals surface area (Å²) < 4.78 is 14.6. The lowest BCUT2D eigenvalue weighted by Crippen LogP contribution is -2.50. The number of fused-ring (bicyclic) bond motifs is 1. The lowest BCUT2D eigenvalue weighted by molar-refractivity contribution is -0.131. The summed E-state index contributed by atoms with van der Waals surface area (Å²) in [6.07, 6.45) is 1.77. The molecule has 1 aliphatic heterocycles. The third-order valence-electron chi connectivity index (χ3n) is 5.05. The summed E-state index contributed by atoms with van der Waals surface area (Å²) in [7, 11) is 0. The average Bonchev–Trinajstić information content (AvgIpc) is 3.18. The summed E-state index contributed by atoms with van der Waals surface area (Å²) in [5.74, 6) is -0.713. The lowest BCUT2D eigenvalue weighted by Gasteiger charge is -2.34. The second kappa shape index (κ2) is 8.40. The number of carbonyl (C=O) groups is 2. The molecule has 7 nitrogen and oxygen atoms in total. The Balaban J connectivity index is 1.24. The first-order valence-corrected chi connectivity index (χ1v) is 9.56. The first kappa shape index (κ1) is 19.1. The first-order chi connectivity index (χ1) is 14.1. The second-order valence-corrected chi connectivity index (χ2v) is 7.07. The van der Waals surface area contributed by atoms with Gasteiger partial charge in [-0.05, 0) is 35.9 Å². The van der Waals surface area contributed by atoms with E-state index < -0.39 is 0 Å². The van der Waals surface area contributed by atoms with Crippen LogP contribution in [-0.4, -0.2) is 64.0 Å². The number of pyridine rings is 1. The highest BCUT2D eigenvalue weighted by molar-refractivity contribution is 5.95. The van der Waals surface area contributed by atoms with E-state index in [4.69, 9.17) is 0 Å². The number of amides is 2. The van der Waals surface area contributed by atoms with Gasteiger partial charge in [-0.25, -0.2) is 8.91 Å². The molecule has 0 radical (unpaired) electrons. The molecule has 150 valence electrons. The molecule has 0 bridgehead atoms. The monoisotopic (exact) mass is 395 g/mol. The van der Waals surface area contributed by atoms with Gasteiger partial charge >= 0.3 is 0 Å². The molecule has 1 aliphatic rings. The van der Waals surface area contributed by atoms with Crippen molar-refractivity contribution in [3.05, 3.63) is 71.8 Å².